The zero-order chi connectivity index (χ0) is 19.9. The molecule has 0 spiro atoms. The number of benzene rings is 2. The van der Waals surface area contributed by atoms with E-state index in [9.17, 15) is 9.18 Å². The molecule has 0 saturated carbocycles. The first-order chi connectivity index (χ1) is 13.6. The van der Waals surface area contributed by atoms with E-state index in [-0.39, 0.29) is 17.8 Å². The Morgan fingerprint density at radius 3 is 2.57 bits per heavy atom. The molecule has 1 saturated heterocycles. The van der Waals surface area contributed by atoms with Crippen molar-refractivity contribution in [3.8, 4) is 5.75 Å². The number of halogens is 1. The van der Waals surface area contributed by atoms with Crippen molar-refractivity contribution in [2.24, 2.45) is 0 Å². The Balaban J connectivity index is 1.71. The fourth-order valence-corrected chi connectivity index (χ4v) is 3.43. The minimum atomic E-state index is -0.265. The summed E-state index contributed by atoms with van der Waals surface area (Å²) in [4.78, 5) is 14.9. The molecule has 0 radical (unpaired) electrons. The highest BCUT2D eigenvalue weighted by Gasteiger charge is 2.23. The van der Waals surface area contributed by atoms with Crippen LogP contribution in [0.15, 0.2) is 42.5 Å². The quantitative estimate of drug-likeness (QED) is 0.793. The van der Waals surface area contributed by atoms with Crippen molar-refractivity contribution >= 4 is 5.91 Å². The van der Waals surface area contributed by atoms with E-state index in [4.69, 9.17) is 9.47 Å². The first kappa shape index (κ1) is 20.3. The van der Waals surface area contributed by atoms with Gasteiger partial charge in [0.1, 0.15) is 11.6 Å². The average Bonchev–Trinajstić information content (AvgIpc) is 2.71. The number of nitrogens with one attached hydrogen (secondary N) is 1. The second kappa shape index (κ2) is 9.66. The van der Waals surface area contributed by atoms with Crippen molar-refractivity contribution < 1.29 is 18.7 Å². The summed E-state index contributed by atoms with van der Waals surface area (Å²) in [5, 5.41) is 3.03. The van der Waals surface area contributed by atoms with Crippen LogP contribution >= 0.6 is 0 Å². The van der Waals surface area contributed by atoms with Crippen LogP contribution in [0, 0.1) is 12.7 Å². The molecule has 6 heteroatoms. The average molecular weight is 386 g/mol. The van der Waals surface area contributed by atoms with Gasteiger partial charge >= 0.3 is 0 Å². The summed E-state index contributed by atoms with van der Waals surface area (Å²) < 4.78 is 24.3. The van der Waals surface area contributed by atoms with Gasteiger partial charge in [0.2, 0.25) is 0 Å². The molecule has 1 heterocycles. The third-order valence-electron chi connectivity index (χ3n) is 4.93. The smallest absolute Gasteiger partial charge is 0.251 e. The van der Waals surface area contributed by atoms with Gasteiger partial charge in [0.15, 0.2) is 0 Å². The van der Waals surface area contributed by atoms with E-state index in [0.29, 0.717) is 31.9 Å². The summed E-state index contributed by atoms with van der Waals surface area (Å²) in [6.45, 7) is 7.76. The molecule has 1 aliphatic rings. The second-order valence-electron chi connectivity index (χ2n) is 6.84. The van der Waals surface area contributed by atoms with Gasteiger partial charge in [-0.3, -0.25) is 9.69 Å². The monoisotopic (exact) mass is 386 g/mol. The molecule has 150 valence electrons. The highest BCUT2D eigenvalue weighted by molar-refractivity contribution is 5.94. The van der Waals surface area contributed by atoms with Crippen molar-refractivity contribution in [3.05, 3.63) is 65.0 Å². The second-order valence-corrected chi connectivity index (χ2v) is 6.84. The molecule has 3 rings (SSSR count). The summed E-state index contributed by atoms with van der Waals surface area (Å²) in [6, 6.07) is 11.9. The number of carbonyl (C=O) groups is 1. The Labute approximate surface area is 165 Å². The Hall–Kier alpha value is -2.44. The molecule has 1 unspecified atom stereocenters. The molecular weight excluding hydrogens is 359 g/mol. The van der Waals surface area contributed by atoms with Gasteiger partial charge in [-0.15, -0.1) is 0 Å². The van der Waals surface area contributed by atoms with Crippen LogP contribution in [-0.4, -0.2) is 50.3 Å². The number of rotatable bonds is 7. The predicted molar refractivity (Wildman–Crippen MR) is 106 cm³/mol. The van der Waals surface area contributed by atoms with Gasteiger partial charge in [0, 0.05) is 25.2 Å². The zero-order valence-corrected chi connectivity index (χ0v) is 16.4. The first-order valence-corrected chi connectivity index (χ1v) is 9.67. The van der Waals surface area contributed by atoms with Gasteiger partial charge < -0.3 is 14.8 Å². The Bertz CT molecular complexity index is 789. The van der Waals surface area contributed by atoms with Gasteiger partial charge in [-0.25, -0.2) is 4.39 Å². The fourth-order valence-electron chi connectivity index (χ4n) is 3.43. The molecule has 28 heavy (non-hydrogen) atoms. The van der Waals surface area contributed by atoms with Gasteiger partial charge in [0.05, 0.1) is 25.9 Å². The number of morpholine rings is 1. The molecular formula is C22H27FN2O3. The third-order valence-corrected chi connectivity index (χ3v) is 4.93. The maximum absolute atomic E-state index is 13.3. The van der Waals surface area contributed by atoms with Crippen molar-refractivity contribution in [3.63, 3.8) is 0 Å². The van der Waals surface area contributed by atoms with Crippen LogP contribution in [-0.2, 0) is 4.74 Å². The third kappa shape index (κ3) is 5.09. The minimum absolute atomic E-state index is 0.0303. The van der Waals surface area contributed by atoms with Crippen LogP contribution in [0.4, 0.5) is 4.39 Å². The molecule has 5 nitrogen and oxygen atoms in total. The normalized spacial score (nSPS) is 15.8. The molecule has 0 aromatic heterocycles. The maximum Gasteiger partial charge on any atom is 0.251 e. The molecule has 1 fully saturated rings. The number of ether oxygens (including phenoxy) is 2. The van der Waals surface area contributed by atoms with E-state index in [1.165, 1.54) is 12.1 Å². The lowest BCUT2D eigenvalue weighted by atomic mass is 10.0. The largest absolute Gasteiger partial charge is 0.494 e. The van der Waals surface area contributed by atoms with Crippen LogP contribution in [0.2, 0.25) is 0 Å². The van der Waals surface area contributed by atoms with Crippen LogP contribution in [0.1, 0.15) is 34.5 Å². The topological polar surface area (TPSA) is 50.8 Å². The molecule has 1 N–H and O–H groups in total. The van der Waals surface area contributed by atoms with Crippen molar-refractivity contribution in [2.45, 2.75) is 19.9 Å². The van der Waals surface area contributed by atoms with E-state index in [1.54, 1.807) is 18.2 Å². The number of amides is 1. The molecule has 0 aliphatic carbocycles. The lowest BCUT2D eigenvalue weighted by Crippen LogP contribution is -2.43. The summed E-state index contributed by atoms with van der Waals surface area (Å²) in [7, 11) is 0. The van der Waals surface area contributed by atoms with Crippen molar-refractivity contribution in [2.75, 3.05) is 39.5 Å². The summed E-state index contributed by atoms with van der Waals surface area (Å²) in [5.74, 6) is 0.390. The van der Waals surface area contributed by atoms with E-state index in [1.807, 2.05) is 26.0 Å². The summed E-state index contributed by atoms with van der Waals surface area (Å²) in [6.07, 6.45) is 0. The van der Waals surface area contributed by atoms with Crippen LogP contribution in [0.25, 0.3) is 0 Å². The molecule has 1 amide bonds. The fraction of sp³-hybridized carbons (Fsp3) is 0.409. The van der Waals surface area contributed by atoms with Gasteiger partial charge in [-0.2, -0.15) is 0 Å². The van der Waals surface area contributed by atoms with Crippen LogP contribution in [0.5, 0.6) is 5.75 Å². The predicted octanol–water partition coefficient (Wildman–Crippen LogP) is 3.34. The molecule has 1 aliphatic heterocycles. The SMILES string of the molecule is CCOc1ccc(C(=O)NCC(c2ccc(F)cc2)N2CCOCC2)cc1C. The molecule has 0 bridgehead atoms. The number of carbonyl (C=O) groups excluding carboxylic acids is 1. The van der Waals surface area contributed by atoms with E-state index < -0.39 is 0 Å². The zero-order valence-electron chi connectivity index (χ0n) is 16.4. The highest BCUT2D eigenvalue weighted by atomic mass is 19.1. The number of aryl methyl sites for hydroxylation is 1. The Kier molecular flexibility index (Phi) is 7.01. The maximum atomic E-state index is 13.3. The number of hydrogen-bond donors (Lipinski definition) is 1. The standard InChI is InChI=1S/C22H27FN2O3/c1-3-28-21-9-6-18(14-16(21)2)22(26)24-15-20(25-10-12-27-13-11-25)17-4-7-19(23)8-5-17/h4-9,14,20H,3,10-13,15H2,1-2H3,(H,24,26). The summed E-state index contributed by atoms with van der Waals surface area (Å²) >= 11 is 0. The van der Waals surface area contributed by atoms with E-state index >= 15 is 0 Å². The van der Waals surface area contributed by atoms with Crippen molar-refractivity contribution in [1.29, 1.82) is 0 Å². The molecule has 2 aromatic rings. The minimum Gasteiger partial charge on any atom is -0.494 e. The van der Waals surface area contributed by atoms with Gasteiger partial charge in [0.25, 0.3) is 5.91 Å². The number of nitrogens with zero attached hydrogens (tertiary/aromatic N) is 1. The lowest BCUT2D eigenvalue weighted by Gasteiger charge is -2.35. The number of hydrogen-bond acceptors (Lipinski definition) is 4. The highest BCUT2D eigenvalue weighted by Crippen LogP contribution is 2.23. The van der Waals surface area contributed by atoms with E-state index in [2.05, 4.69) is 10.2 Å². The van der Waals surface area contributed by atoms with Gasteiger partial charge in [-0.1, -0.05) is 12.1 Å². The van der Waals surface area contributed by atoms with Gasteiger partial charge in [-0.05, 0) is 55.3 Å². The Morgan fingerprint density at radius 1 is 1.21 bits per heavy atom. The van der Waals surface area contributed by atoms with Crippen LogP contribution < -0.4 is 10.1 Å². The van der Waals surface area contributed by atoms with E-state index in [0.717, 1.165) is 30.0 Å². The molecule has 1 atom stereocenters. The lowest BCUT2D eigenvalue weighted by molar-refractivity contribution is 0.0162. The van der Waals surface area contributed by atoms with Crippen LogP contribution in [0.3, 0.4) is 0 Å². The Morgan fingerprint density at radius 2 is 1.93 bits per heavy atom. The summed E-state index contributed by atoms with van der Waals surface area (Å²) in [5.41, 5.74) is 2.50. The molecule has 2 aromatic carbocycles. The first-order valence-electron chi connectivity index (χ1n) is 9.67. The van der Waals surface area contributed by atoms with Crippen molar-refractivity contribution in [1.82, 2.24) is 10.2 Å².